The minimum atomic E-state index is -3.68. The van der Waals surface area contributed by atoms with Gasteiger partial charge in [-0.25, -0.2) is 8.42 Å². The Kier molecular flexibility index (Phi) is 6.52. The molecule has 2 aromatic carbocycles. The molecule has 27 heavy (non-hydrogen) atoms. The second kappa shape index (κ2) is 8.87. The first kappa shape index (κ1) is 19.9. The molecule has 1 aliphatic rings. The number of hydrogen-bond donors (Lipinski definition) is 1. The van der Waals surface area contributed by atoms with Gasteiger partial charge in [-0.1, -0.05) is 48.4 Å². The average molecular weight is 407 g/mol. The second-order valence-corrected chi connectivity index (χ2v) is 8.93. The molecule has 1 unspecified atom stereocenters. The van der Waals surface area contributed by atoms with Gasteiger partial charge in [-0.3, -0.25) is 4.79 Å². The number of rotatable bonds is 6. The van der Waals surface area contributed by atoms with E-state index in [4.69, 9.17) is 11.6 Å². The van der Waals surface area contributed by atoms with Crippen molar-refractivity contribution in [2.75, 3.05) is 13.1 Å². The summed E-state index contributed by atoms with van der Waals surface area (Å²) < 4.78 is 27.3. The molecule has 7 heteroatoms. The van der Waals surface area contributed by atoms with Gasteiger partial charge in [0.05, 0.1) is 4.90 Å². The molecule has 3 rings (SSSR count). The molecule has 1 saturated heterocycles. The van der Waals surface area contributed by atoms with E-state index in [0.717, 1.165) is 18.4 Å². The maximum Gasteiger partial charge on any atom is 0.243 e. The van der Waals surface area contributed by atoms with E-state index in [0.29, 0.717) is 31.0 Å². The van der Waals surface area contributed by atoms with Gasteiger partial charge in [-0.2, -0.15) is 4.31 Å². The van der Waals surface area contributed by atoms with Crippen LogP contribution >= 0.6 is 11.6 Å². The van der Waals surface area contributed by atoms with E-state index < -0.39 is 16.1 Å². The van der Waals surface area contributed by atoms with Crippen LogP contribution in [0.2, 0.25) is 5.02 Å². The first-order valence-electron chi connectivity index (χ1n) is 9.07. The number of nitrogens with one attached hydrogen (secondary N) is 1. The van der Waals surface area contributed by atoms with Crippen molar-refractivity contribution in [3.8, 4) is 0 Å². The highest BCUT2D eigenvalue weighted by atomic mass is 35.5. The van der Waals surface area contributed by atoms with E-state index >= 15 is 0 Å². The zero-order chi connectivity index (χ0) is 19.3. The molecule has 0 aromatic heterocycles. The molecule has 1 fully saturated rings. The van der Waals surface area contributed by atoms with Gasteiger partial charge in [0.1, 0.15) is 6.04 Å². The number of carbonyl (C=O) groups excluding carboxylic acids is 1. The Morgan fingerprint density at radius 3 is 2.48 bits per heavy atom. The molecule has 1 amide bonds. The Bertz CT molecular complexity index is 870. The number of sulfonamides is 1. The summed E-state index contributed by atoms with van der Waals surface area (Å²) in [6, 6.07) is 15.1. The zero-order valence-electron chi connectivity index (χ0n) is 15.0. The molecule has 0 bridgehead atoms. The molecule has 0 saturated carbocycles. The summed E-state index contributed by atoms with van der Waals surface area (Å²) in [5, 5.41) is 3.56. The first-order chi connectivity index (χ1) is 13.0. The maximum atomic E-state index is 13.0. The van der Waals surface area contributed by atoms with Crippen LogP contribution in [0.25, 0.3) is 0 Å². The van der Waals surface area contributed by atoms with E-state index in [2.05, 4.69) is 5.32 Å². The van der Waals surface area contributed by atoms with Crippen LogP contribution in [0.4, 0.5) is 0 Å². The van der Waals surface area contributed by atoms with E-state index in [1.165, 1.54) is 4.31 Å². The van der Waals surface area contributed by atoms with Gasteiger partial charge in [-0.15, -0.1) is 0 Å². The lowest BCUT2D eigenvalue weighted by Crippen LogP contribution is -2.52. The molecule has 144 valence electrons. The molecule has 0 radical (unpaired) electrons. The summed E-state index contributed by atoms with van der Waals surface area (Å²) in [6.45, 7) is 0.822. The maximum absolute atomic E-state index is 13.0. The Morgan fingerprint density at radius 1 is 1.07 bits per heavy atom. The van der Waals surface area contributed by atoms with Crippen LogP contribution in [-0.4, -0.2) is 37.8 Å². The quantitative estimate of drug-likeness (QED) is 0.800. The van der Waals surface area contributed by atoms with Crippen molar-refractivity contribution in [3.63, 3.8) is 0 Å². The number of halogens is 1. The van der Waals surface area contributed by atoms with E-state index in [1.807, 2.05) is 24.3 Å². The Morgan fingerprint density at radius 2 is 1.78 bits per heavy atom. The van der Waals surface area contributed by atoms with Crippen molar-refractivity contribution in [2.24, 2.45) is 0 Å². The van der Waals surface area contributed by atoms with Gasteiger partial charge in [0.2, 0.25) is 15.9 Å². The summed E-state index contributed by atoms with van der Waals surface area (Å²) >= 11 is 5.87. The molecular weight excluding hydrogens is 384 g/mol. The van der Waals surface area contributed by atoms with Gasteiger partial charge in [-0.05, 0) is 49.1 Å². The van der Waals surface area contributed by atoms with Crippen molar-refractivity contribution in [1.82, 2.24) is 9.62 Å². The number of hydrogen-bond acceptors (Lipinski definition) is 3. The number of piperidine rings is 1. The highest BCUT2D eigenvalue weighted by Crippen LogP contribution is 2.25. The lowest BCUT2D eigenvalue weighted by Gasteiger charge is -2.33. The van der Waals surface area contributed by atoms with Crippen LogP contribution < -0.4 is 5.32 Å². The topological polar surface area (TPSA) is 66.5 Å². The normalized spacial score (nSPS) is 18.2. The summed E-state index contributed by atoms with van der Waals surface area (Å²) in [5.74, 6) is -0.233. The fraction of sp³-hybridized carbons (Fsp3) is 0.350. The first-order valence-corrected chi connectivity index (χ1v) is 10.9. The third-order valence-electron chi connectivity index (χ3n) is 4.73. The Labute approximate surface area is 165 Å². The number of carbonyl (C=O) groups is 1. The number of nitrogens with zero attached hydrogens (tertiary/aromatic N) is 1. The predicted molar refractivity (Wildman–Crippen MR) is 106 cm³/mol. The highest BCUT2D eigenvalue weighted by molar-refractivity contribution is 7.89. The second-order valence-electron chi connectivity index (χ2n) is 6.61. The van der Waals surface area contributed by atoms with Crippen molar-refractivity contribution < 1.29 is 13.2 Å². The molecule has 1 N–H and O–H groups in total. The Balaban J connectivity index is 1.66. The number of benzene rings is 2. The van der Waals surface area contributed by atoms with E-state index in [9.17, 15) is 13.2 Å². The van der Waals surface area contributed by atoms with E-state index in [1.54, 1.807) is 30.3 Å². The highest BCUT2D eigenvalue weighted by Gasteiger charge is 2.37. The molecule has 0 aliphatic carbocycles. The fourth-order valence-corrected chi connectivity index (χ4v) is 5.08. The monoisotopic (exact) mass is 406 g/mol. The average Bonchev–Trinajstić information content (AvgIpc) is 2.70. The summed E-state index contributed by atoms with van der Waals surface area (Å²) in [4.78, 5) is 12.9. The minimum Gasteiger partial charge on any atom is -0.354 e. The molecule has 1 aliphatic heterocycles. The predicted octanol–water partition coefficient (Wildman–Crippen LogP) is 3.24. The van der Waals surface area contributed by atoms with Crippen LogP contribution in [0.3, 0.4) is 0 Å². The third-order valence-corrected chi connectivity index (χ3v) is 6.91. The van der Waals surface area contributed by atoms with E-state index in [-0.39, 0.29) is 10.8 Å². The van der Waals surface area contributed by atoms with Gasteiger partial charge in [0.25, 0.3) is 0 Å². The minimum absolute atomic E-state index is 0.228. The van der Waals surface area contributed by atoms with Crippen LogP contribution in [0.1, 0.15) is 24.8 Å². The van der Waals surface area contributed by atoms with Crippen LogP contribution in [-0.2, 0) is 21.2 Å². The van der Waals surface area contributed by atoms with Crippen molar-refractivity contribution in [2.45, 2.75) is 36.6 Å². The largest absolute Gasteiger partial charge is 0.354 e. The molecule has 1 atom stereocenters. The summed E-state index contributed by atoms with van der Waals surface area (Å²) in [5.41, 5.74) is 1.07. The van der Waals surface area contributed by atoms with Gasteiger partial charge >= 0.3 is 0 Å². The summed E-state index contributed by atoms with van der Waals surface area (Å²) in [7, 11) is -3.68. The molecular formula is C20H23ClN2O3S. The number of amides is 1. The third kappa shape index (κ3) is 4.89. The summed E-state index contributed by atoms with van der Waals surface area (Å²) in [6.07, 6.45) is 2.82. The molecule has 1 heterocycles. The van der Waals surface area contributed by atoms with Crippen LogP contribution in [0.15, 0.2) is 59.5 Å². The molecule has 0 spiro atoms. The smallest absolute Gasteiger partial charge is 0.243 e. The fourth-order valence-electron chi connectivity index (χ4n) is 3.28. The SMILES string of the molecule is O=C(NCCc1ccc(Cl)cc1)C1CCCCN1S(=O)(=O)c1ccccc1. The molecule has 5 nitrogen and oxygen atoms in total. The van der Waals surface area contributed by atoms with Gasteiger partial charge in [0.15, 0.2) is 0 Å². The van der Waals surface area contributed by atoms with Crippen LogP contribution in [0, 0.1) is 0 Å². The van der Waals surface area contributed by atoms with Gasteiger partial charge in [0, 0.05) is 18.1 Å². The van der Waals surface area contributed by atoms with Crippen molar-refractivity contribution >= 4 is 27.5 Å². The zero-order valence-corrected chi connectivity index (χ0v) is 16.5. The standard InChI is InChI=1S/C20H23ClN2O3S/c21-17-11-9-16(10-12-17)13-14-22-20(24)19-8-4-5-15-23(19)27(25,26)18-6-2-1-3-7-18/h1-3,6-7,9-12,19H,4-5,8,13-15H2,(H,22,24). The lowest BCUT2D eigenvalue weighted by molar-refractivity contribution is -0.125. The van der Waals surface area contributed by atoms with Gasteiger partial charge < -0.3 is 5.32 Å². The van der Waals surface area contributed by atoms with Crippen LogP contribution in [0.5, 0.6) is 0 Å². The van der Waals surface area contributed by atoms with Crippen molar-refractivity contribution in [1.29, 1.82) is 0 Å². The molecule has 2 aromatic rings. The Hall–Kier alpha value is -1.89. The lowest BCUT2D eigenvalue weighted by atomic mass is 10.0. The van der Waals surface area contributed by atoms with Crippen molar-refractivity contribution in [3.05, 3.63) is 65.2 Å².